The second kappa shape index (κ2) is 6.57. The van der Waals surface area contributed by atoms with E-state index in [0.29, 0.717) is 12.1 Å². The Kier molecular flexibility index (Phi) is 4.78. The van der Waals surface area contributed by atoms with Gasteiger partial charge in [0, 0.05) is 6.54 Å². The van der Waals surface area contributed by atoms with E-state index in [0.717, 1.165) is 5.76 Å². The molecule has 0 aliphatic rings. The Morgan fingerprint density at radius 2 is 2.14 bits per heavy atom. The molecule has 6 heteroatoms. The first kappa shape index (κ1) is 15.3. The lowest BCUT2D eigenvalue weighted by Crippen LogP contribution is -2.25. The molecule has 0 unspecified atom stereocenters. The lowest BCUT2D eigenvalue weighted by Gasteiger charge is -2.11. The van der Waals surface area contributed by atoms with Crippen LogP contribution in [0.25, 0.3) is 0 Å². The number of nitrogens with one attached hydrogen (secondary N) is 1. The molecule has 1 aromatic heterocycles. The van der Waals surface area contributed by atoms with Crippen LogP contribution in [0.4, 0.5) is 0 Å². The maximum Gasteiger partial charge on any atom is 0.179 e. The normalized spacial score (nSPS) is 12.8. The first-order valence-corrected chi connectivity index (χ1v) is 8.18. The molecular formula is C15H16N2O3S. The lowest BCUT2D eigenvalue weighted by atomic mass is 10.2. The van der Waals surface area contributed by atoms with Crippen molar-refractivity contribution in [3.05, 3.63) is 54.0 Å². The van der Waals surface area contributed by atoms with E-state index in [1.165, 1.54) is 12.1 Å². The van der Waals surface area contributed by atoms with Crippen molar-refractivity contribution in [1.82, 2.24) is 5.32 Å². The van der Waals surface area contributed by atoms with Crippen molar-refractivity contribution in [3.63, 3.8) is 0 Å². The zero-order chi connectivity index (χ0) is 15.3. The van der Waals surface area contributed by atoms with Crippen molar-refractivity contribution in [2.75, 3.05) is 12.3 Å². The third-order valence-electron chi connectivity index (χ3n) is 3.11. The molecule has 0 aliphatic heterocycles. The van der Waals surface area contributed by atoms with Gasteiger partial charge in [-0.25, -0.2) is 8.42 Å². The number of nitriles is 1. The van der Waals surface area contributed by atoms with Gasteiger partial charge < -0.3 is 9.73 Å². The SMILES string of the molecule is C[C@H](NCCS(=O)(=O)c1cccc(C#N)c1)c1ccco1. The topological polar surface area (TPSA) is 83.1 Å². The quantitative estimate of drug-likeness (QED) is 0.885. The number of hydrogen-bond donors (Lipinski definition) is 1. The molecule has 0 radical (unpaired) electrons. The predicted molar refractivity (Wildman–Crippen MR) is 78.3 cm³/mol. The molecule has 2 aromatic rings. The van der Waals surface area contributed by atoms with Crippen LogP contribution in [-0.4, -0.2) is 20.7 Å². The summed E-state index contributed by atoms with van der Waals surface area (Å²) in [7, 11) is -3.40. The average Bonchev–Trinajstić information content (AvgIpc) is 3.01. The van der Waals surface area contributed by atoms with Gasteiger partial charge in [-0.15, -0.1) is 0 Å². The van der Waals surface area contributed by atoms with E-state index >= 15 is 0 Å². The molecule has 21 heavy (non-hydrogen) atoms. The van der Waals surface area contributed by atoms with Crippen molar-refractivity contribution in [1.29, 1.82) is 5.26 Å². The fraction of sp³-hybridized carbons (Fsp3) is 0.267. The zero-order valence-corrected chi connectivity index (χ0v) is 12.4. The van der Waals surface area contributed by atoms with E-state index in [1.807, 2.05) is 19.1 Å². The standard InChI is InChI=1S/C15H16N2O3S/c1-12(15-6-3-8-20-15)17-7-9-21(18,19)14-5-2-4-13(10-14)11-16/h2-6,8,10,12,17H,7,9H2,1H3/t12-/m0/s1. The molecule has 1 atom stereocenters. The van der Waals surface area contributed by atoms with Crippen LogP contribution in [0.15, 0.2) is 52.0 Å². The van der Waals surface area contributed by atoms with Crippen molar-refractivity contribution < 1.29 is 12.8 Å². The highest BCUT2D eigenvalue weighted by molar-refractivity contribution is 7.91. The van der Waals surface area contributed by atoms with Gasteiger partial charge in [0.1, 0.15) is 5.76 Å². The van der Waals surface area contributed by atoms with Gasteiger partial charge in [0.25, 0.3) is 0 Å². The Hall–Kier alpha value is -2.10. The Morgan fingerprint density at radius 1 is 1.33 bits per heavy atom. The minimum atomic E-state index is -3.40. The molecule has 0 amide bonds. The fourth-order valence-electron chi connectivity index (χ4n) is 1.92. The van der Waals surface area contributed by atoms with Gasteiger partial charge in [-0.1, -0.05) is 6.07 Å². The van der Waals surface area contributed by atoms with Crippen LogP contribution in [0.3, 0.4) is 0 Å². The van der Waals surface area contributed by atoms with Crippen LogP contribution in [0.5, 0.6) is 0 Å². The molecule has 1 heterocycles. The molecule has 1 N–H and O–H groups in total. The third kappa shape index (κ3) is 3.94. The van der Waals surface area contributed by atoms with Gasteiger partial charge in [0.05, 0.1) is 34.6 Å². The minimum Gasteiger partial charge on any atom is -0.468 e. The fourth-order valence-corrected chi connectivity index (χ4v) is 3.14. The summed E-state index contributed by atoms with van der Waals surface area (Å²) in [5, 5.41) is 11.9. The van der Waals surface area contributed by atoms with E-state index in [2.05, 4.69) is 5.32 Å². The Bertz CT molecular complexity index is 731. The Morgan fingerprint density at radius 3 is 2.81 bits per heavy atom. The van der Waals surface area contributed by atoms with Gasteiger partial charge in [-0.2, -0.15) is 5.26 Å². The first-order chi connectivity index (χ1) is 10.0. The summed E-state index contributed by atoms with van der Waals surface area (Å²) in [6.07, 6.45) is 1.58. The maximum atomic E-state index is 12.2. The van der Waals surface area contributed by atoms with Crippen molar-refractivity contribution >= 4 is 9.84 Å². The van der Waals surface area contributed by atoms with E-state index in [4.69, 9.17) is 9.68 Å². The highest BCUT2D eigenvalue weighted by Gasteiger charge is 2.16. The number of furan rings is 1. The predicted octanol–water partition coefficient (Wildman–Crippen LogP) is 2.28. The molecular weight excluding hydrogens is 288 g/mol. The van der Waals surface area contributed by atoms with E-state index in [1.54, 1.807) is 24.5 Å². The van der Waals surface area contributed by atoms with Crippen LogP contribution in [-0.2, 0) is 9.84 Å². The number of sulfone groups is 1. The summed E-state index contributed by atoms with van der Waals surface area (Å²) in [5.74, 6) is 0.728. The van der Waals surface area contributed by atoms with Crippen LogP contribution < -0.4 is 5.32 Å². The number of hydrogen-bond acceptors (Lipinski definition) is 5. The molecule has 5 nitrogen and oxygen atoms in total. The second-order valence-corrected chi connectivity index (χ2v) is 6.76. The summed E-state index contributed by atoms with van der Waals surface area (Å²) in [6.45, 7) is 2.21. The van der Waals surface area contributed by atoms with Crippen molar-refractivity contribution in [2.24, 2.45) is 0 Å². The Labute approximate surface area is 124 Å². The van der Waals surface area contributed by atoms with Crippen LogP contribution in [0.2, 0.25) is 0 Å². The summed E-state index contributed by atoms with van der Waals surface area (Å²) in [5.41, 5.74) is 0.341. The average molecular weight is 304 g/mol. The smallest absolute Gasteiger partial charge is 0.179 e. The summed E-state index contributed by atoms with van der Waals surface area (Å²) in [4.78, 5) is 0.175. The monoisotopic (exact) mass is 304 g/mol. The molecule has 0 bridgehead atoms. The number of benzene rings is 1. The van der Waals surface area contributed by atoms with Crippen LogP contribution in [0.1, 0.15) is 24.3 Å². The molecule has 0 spiro atoms. The van der Waals surface area contributed by atoms with Crippen molar-refractivity contribution in [2.45, 2.75) is 17.9 Å². The molecule has 0 fully saturated rings. The largest absolute Gasteiger partial charge is 0.468 e. The van der Waals surface area contributed by atoms with E-state index in [-0.39, 0.29) is 16.7 Å². The van der Waals surface area contributed by atoms with Gasteiger partial charge in [-0.05, 0) is 37.3 Å². The second-order valence-electron chi connectivity index (χ2n) is 4.65. The van der Waals surface area contributed by atoms with E-state index < -0.39 is 9.84 Å². The summed E-state index contributed by atoms with van der Waals surface area (Å²) in [6, 6.07) is 11.6. The van der Waals surface area contributed by atoms with Crippen LogP contribution in [0, 0.1) is 11.3 Å². The van der Waals surface area contributed by atoms with Gasteiger partial charge in [-0.3, -0.25) is 0 Å². The zero-order valence-electron chi connectivity index (χ0n) is 11.6. The highest BCUT2D eigenvalue weighted by Crippen LogP contribution is 2.14. The Balaban J connectivity index is 1.97. The molecule has 0 aliphatic carbocycles. The molecule has 0 saturated carbocycles. The first-order valence-electron chi connectivity index (χ1n) is 6.52. The van der Waals surface area contributed by atoms with Gasteiger partial charge in [0.2, 0.25) is 0 Å². The van der Waals surface area contributed by atoms with Crippen molar-refractivity contribution in [3.8, 4) is 6.07 Å². The van der Waals surface area contributed by atoms with Gasteiger partial charge in [0.15, 0.2) is 9.84 Å². The number of nitrogens with zero attached hydrogens (tertiary/aromatic N) is 1. The molecule has 110 valence electrons. The van der Waals surface area contributed by atoms with Crippen LogP contribution >= 0.6 is 0 Å². The third-order valence-corrected chi connectivity index (χ3v) is 4.83. The molecule has 1 aromatic carbocycles. The lowest BCUT2D eigenvalue weighted by molar-refractivity contribution is 0.437. The highest BCUT2D eigenvalue weighted by atomic mass is 32.2. The maximum absolute atomic E-state index is 12.2. The summed E-state index contributed by atoms with van der Waals surface area (Å²) >= 11 is 0. The minimum absolute atomic E-state index is 0.0348. The van der Waals surface area contributed by atoms with E-state index in [9.17, 15) is 8.42 Å². The molecule has 0 saturated heterocycles. The number of rotatable bonds is 6. The summed E-state index contributed by atoms with van der Waals surface area (Å²) < 4.78 is 29.6. The molecule has 2 rings (SSSR count). The van der Waals surface area contributed by atoms with Gasteiger partial charge >= 0.3 is 0 Å².